The number of benzene rings is 3. The SMILES string of the molecule is CCOc1ccc(C(=O)Nc2ccc(OC)c(Cl)c2)cc1CSc1ccccc1. The maximum absolute atomic E-state index is 12.7. The van der Waals surface area contributed by atoms with E-state index in [1.165, 1.54) is 0 Å². The lowest BCUT2D eigenvalue weighted by molar-refractivity contribution is 0.102. The number of rotatable bonds is 8. The third-order valence-electron chi connectivity index (χ3n) is 4.17. The number of thioether (sulfide) groups is 1. The average Bonchev–Trinajstić information content (AvgIpc) is 2.74. The monoisotopic (exact) mass is 427 g/mol. The topological polar surface area (TPSA) is 47.6 Å². The van der Waals surface area contributed by atoms with Crippen LogP contribution in [0.15, 0.2) is 71.6 Å². The van der Waals surface area contributed by atoms with Gasteiger partial charge in [0.25, 0.3) is 5.91 Å². The first kappa shape index (κ1) is 21.1. The number of methoxy groups -OCH3 is 1. The Morgan fingerprint density at radius 3 is 2.48 bits per heavy atom. The van der Waals surface area contributed by atoms with Gasteiger partial charge in [0, 0.05) is 27.5 Å². The predicted molar refractivity (Wildman–Crippen MR) is 120 cm³/mol. The molecule has 6 heteroatoms. The zero-order valence-corrected chi connectivity index (χ0v) is 17.8. The van der Waals surface area contributed by atoms with Gasteiger partial charge in [-0.25, -0.2) is 0 Å². The molecule has 0 aliphatic rings. The number of anilines is 1. The van der Waals surface area contributed by atoms with Crippen LogP contribution in [0, 0.1) is 0 Å². The van der Waals surface area contributed by atoms with Crippen molar-refractivity contribution in [3.63, 3.8) is 0 Å². The van der Waals surface area contributed by atoms with Crippen LogP contribution >= 0.6 is 23.4 Å². The summed E-state index contributed by atoms with van der Waals surface area (Å²) < 4.78 is 10.9. The van der Waals surface area contributed by atoms with Crippen LogP contribution in [0.3, 0.4) is 0 Å². The smallest absolute Gasteiger partial charge is 0.255 e. The lowest BCUT2D eigenvalue weighted by Crippen LogP contribution is -2.12. The van der Waals surface area contributed by atoms with Crippen molar-refractivity contribution in [2.24, 2.45) is 0 Å². The predicted octanol–water partition coefficient (Wildman–Crippen LogP) is 6.29. The van der Waals surface area contributed by atoms with Crippen molar-refractivity contribution in [1.82, 2.24) is 0 Å². The Morgan fingerprint density at radius 2 is 1.79 bits per heavy atom. The summed E-state index contributed by atoms with van der Waals surface area (Å²) in [5.74, 6) is 1.85. The number of amides is 1. The molecule has 0 aromatic heterocycles. The minimum Gasteiger partial charge on any atom is -0.495 e. The van der Waals surface area contributed by atoms with E-state index in [1.807, 2.05) is 37.3 Å². The Bertz CT molecular complexity index is 979. The first-order valence-corrected chi connectivity index (χ1v) is 10.6. The molecule has 150 valence electrons. The van der Waals surface area contributed by atoms with Gasteiger partial charge in [0.15, 0.2) is 0 Å². The van der Waals surface area contributed by atoms with E-state index in [0.29, 0.717) is 34.4 Å². The van der Waals surface area contributed by atoms with E-state index in [-0.39, 0.29) is 5.91 Å². The third kappa shape index (κ3) is 5.68. The fourth-order valence-electron chi connectivity index (χ4n) is 2.76. The molecule has 0 radical (unpaired) electrons. The molecule has 29 heavy (non-hydrogen) atoms. The summed E-state index contributed by atoms with van der Waals surface area (Å²) in [6, 6.07) is 20.8. The molecule has 0 bridgehead atoms. The minimum atomic E-state index is -0.208. The number of hydrogen-bond donors (Lipinski definition) is 1. The lowest BCUT2D eigenvalue weighted by Gasteiger charge is -2.13. The Hall–Kier alpha value is -2.63. The first-order chi connectivity index (χ1) is 14.1. The van der Waals surface area contributed by atoms with Crippen molar-refractivity contribution in [3.05, 3.63) is 82.9 Å². The van der Waals surface area contributed by atoms with Crippen LogP contribution in [0.5, 0.6) is 11.5 Å². The molecule has 0 saturated heterocycles. The molecule has 0 unspecified atom stereocenters. The van der Waals surface area contributed by atoms with Crippen LogP contribution < -0.4 is 14.8 Å². The largest absolute Gasteiger partial charge is 0.495 e. The molecule has 0 aliphatic carbocycles. The normalized spacial score (nSPS) is 10.4. The summed E-state index contributed by atoms with van der Waals surface area (Å²) in [6.07, 6.45) is 0. The van der Waals surface area contributed by atoms with Crippen molar-refractivity contribution < 1.29 is 14.3 Å². The Balaban J connectivity index is 1.77. The van der Waals surface area contributed by atoms with E-state index in [0.717, 1.165) is 16.2 Å². The molecule has 3 aromatic carbocycles. The highest BCUT2D eigenvalue weighted by atomic mass is 35.5. The van der Waals surface area contributed by atoms with Gasteiger partial charge in [0.05, 0.1) is 18.7 Å². The van der Waals surface area contributed by atoms with Crippen LogP contribution in [-0.2, 0) is 5.75 Å². The highest BCUT2D eigenvalue weighted by molar-refractivity contribution is 7.98. The van der Waals surface area contributed by atoms with E-state index in [2.05, 4.69) is 17.4 Å². The van der Waals surface area contributed by atoms with E-state index in [1.54, 1.807) is 43.1 Å². The van der Waals surface area contributed by atoms with E-state index >= 15 is 0 Å². The second-order valence-corrected chi connectivity index (χ2v) is 7.62. The summed E-state index contributed by atoms with van der Waals surface area (Å²) in [5.41, 5.74) is 2.14. The van der Waals surface area contributed by atoms with Crippen LogP contribution in [0.4, 0.5) is 5.69 Å². The maximum atomic E-state index is 12.7. The molecule has 0 fully saturated rings. The quantitative estimate of drug-likeness (QED) is 0.429. The molecule has 0 heterocycles. The summed E-state index contributed by atoms with van der Waals surface area (Å²) in [5, 5.41) is 3.32. The second kappa shape index (κ2) is 10.2. The molecule has 3 aromatic rings. The lowest BCUT2D eigenvalue weighted by atomic mass is 10.1. The summed E-state index contributed by atoms with van der Waals surface area (Å²) in [4.78, 5) is 13.9. The van der Waals surface area contributed by atoms with Gasteiger partial charge < -0.3 is 14.8 Å². The van der Waals surface area contributed by atoms with Gasteiger partial charge in [0.2, 0.25) is 0 Å². The van der Waals surface area contributed by atoms with Crippen LogP contribution in [0.25, 0.3) is 0 Å². The van der Waals surface area contributed by atoms with E-state index < -0.39 is 0 Å². The van der Waals surface area contributed by atoms with Crippen molar-refractivity contribution in [2.45, 2.75) is 17.6 Å². The van der Waals surface area contributed by atoms with Gasteiger partial charge in [-0.05, 0) is 55.5 Å². The Labute approximate surface area is 180 Å². The van der Waals surface area contributed by atoms with Crippen LogP contribution in [0.1, 0.15) is 22.8 Å². The molecular formula is C23H22ClNO3S. The maximum Gasteiger partial charge on any atom is 0.255 e. The van der Waals surface area contributed by atoms with Crippen molar-refractivity contribution in [2.75, 3.05) is 19.0 Å². The van der Waals surface area contributed by atoms with E-state index in [4.69, 9.17) is 21.1 Å². The van der Waals surface area contributed by atoms with Gasteiger partial charge in [-0.15, -0.1) is 11.8 Å². The molecule has 1 N–H and O–H groups in total. The number of halogens is 1. The number of carbonyl (C=O) groups excluding carboxylic acids is 1. The second-order valence-electron chi connectivity index (χ2n) is 6.16. The van der Waals surface area contributed by atoms with E-state index in [9.17, 15) is 4.79 Å². The van der Waals surface area contributed by atoms with Gasteiger partial charge in [-0.1, -0.05) is 29.8 Å². The fraction of sp³-hybridized carbons (Fsp3) is 0.174. The number of hydrogen-bond acceptors (Lipinski definition) is 4. The fourth-order valence-corrected chi connectivity index (χ4v) is 3.91. The van der Waals surface area contributed by atoms with Crippen LogP contribution in [-0.4, -0.2) is 19.6 Å². The molecule has 3 rings (SSSR count). The molecule has 0 aliphatic heterocycles. The van der Waals surface area contributed by atoms with Crippen molar-refractivity contribution in [3.8, 4) is 11.5 Å². The molecule has 0 atom stereocenters. The first-order valence-electron chi connectivity index (χ1n) is 9.19. The molecular weight excluding hydrogens is 406 g/mol. The number of carbonyl (C=O) groups is 1. The minimum absolute atomic E-state index is 0.208. The van der Waals surface area contributed by atoms with Gasteiger partial charge in [-0.2, -0.15) is 0 Å². The number of nitrogens with one attached hydrogen (secondary N) is 1. The van der Waals surface area contributed by atoms with Crippen molar-refractivity contribution in [1.29, 1.82) is 0 Å². The Kier molecular flexibility index (Phi) is 7.44. The van der Waals surface area contributed by atoms with Gasteiger partial charge in [0.1, 0.15) is 11.5 Å². The zero-order chi connectivity index (χ0) is 20.6. The van der Waals surface area contributed by atoms with Gasteiger partial charge in [-0.3, -0.25) is 4.79 Å². The Morgan fingerprint density at radius 1 is 1.03 bits per heavy atom. The molecule has 0 spiro atoms. The standard InChI is InChI=1S/C23H22ClNO3S/c1-3-28-21-11-9-16(13-17(21)15-29-19-7-5-4-6-8-19)23(26)25-18-10-12-22(27-2)20(24)14-18/h4-14H,3,15H2,1-2H3,(H,25,26). The number of ether oxygens (including phenoxy) is 2. The summed E-state index contributed by atoms with van der Waals surface area (Å²) in [6.45, 7) is 2.51. The summed E-state index contributed by atoms with van der Waals surface area (Å²) >= 11 is 7.84. The van der Waals surface area contributed by atoms with Crippen molar-refractivity contribution >= 4 is 35.0 Å². The van der Waals surface area contributed by atoms with Crippen LogP contribution in [0.2, 0.25) is 5.02 Å². The third-order valence-corrected chi connectivity index (χ3v) is 5.53. The highest BCUT2D eigenvalue weighted by Gasteiger charge is 2.12. The molecule has 4 nitrogen and oxygen atoms in total. The highest BCUT2D eigenvalue weighted by Crippen LogP contribution is 2.30. The average molecular weight is 428 g/mol. The molecule has 1 amide bonds. The van der Waals surface area contributed by atoms with Gasteiger partial charge >= 0.3 is 0 Å². The molecule has 0 saturated carbocycles. The summed E-state index contributed by atoms with van der Waals surface area (Å²) in [7, 11) is 1.55. The zero-order valence-electron chi connectivity index (χ0n) is 16.3.